The number of fused-ring (bicyclic) bond motifs is 1. The highest BCUT2D eigenvalue weighted by atomic mass is 19.1. The topological polar surface area (TPSA) is 55.8 Å². The Morgan fingerprint density at radius 3 is 2.63 bits per heavy atom. The molecular formula is C22H25FO4. The number of hydrogen-bond acceptors (Lipinski definition) is 3. The van der Waals surface area contributed by atoms with Crippen LogP contribution < -0.4 is 9.47 Å². The number of benzene rings is 2. The van der Waals surface area contributed by atoms with Crippen LogP contribution in [0.15, 0.2) is 30.3 Å². The van der Waals surface area contributed by atoms with Crippen LogP contribution in [0.4, 0.5) is 4.39 Å². The van der Waals surface area contributed by atoms with Gasteiger partial charge in [-0.15, -0.1) is 0 Å². The molecule has 5 heteroatoms. The van der Waals surface area contributed by atoms with Crippen LogP contribution in [-0.2, 0) is 23.2 Å². The molecule has 144 valence electrons. The summed E-state index contributed by atoms with van der Waals surface area (Å²) in [4.78, 5) is 11.4. The SMILES string of the molecule is Cc1cc(C(C)(C)C(=O)O)ccc1OCc1cc(F)cc2c1OC(C)(C)C2. The lowest BCUT2D eigenvalue weighted by Crippen LogP contribution is -2.28. The molecule has 2 aromatic carbocycles. The van der Waals surface area contributed by atoms with E-state index in [0.717, 1.165) is 11.1 Å². The number of halogens is 1. The van der Waals surface area contributed by atoms with Gasteiger partial charge in [0, 0.05) is 17.5 Å². The highest BCUT2D eigenvalue weighted by Crippen LogP contribution is 2.39. The number of ether oxygens (including phenoxy) is 2. The molecule has 0 spiro atoms. The minimum atomic E-state index is -0.980. The van der Waals surface area contributed by atoms with Gasteiger partial charge in [-0.05, 0) is 63.9 Å². The molecule has 0 bridgehead atoms. The summed E-state index contributed by atoms with van der Waals surface area (Å²) in [5, 5.41) is 9.38. The molecule has 1 N–H and O–H groups in total. The van der Waals surface area contributed by atoms with E-state index in [1.54, 1.807) is 26.0 Å². The summed E-state index contributed by atoms with van der Waals surface area (Å²) >= 11 is 0. The van der Waals surface area contributed by atoms with Gasteiger partial charge in [0.1, 0.15) is 29.5 Å². The van der Waals surface area contributed by atoms with Crippen molar-refractivity contribution in [2.24, 2.45) is 0 Å². The number of hydrogen-bond donors (Lipinski definition) is 1. The third-order valence-electron chi connectivity index (χ3n) is 5.02. The van der Waals surface area contributed by atoms with E-state index in [0.29, 0.717) is 29.0 Å². The Kier molecular flexibility index (Phi) is 4.66. The van der Waals surface area contributed by atoms with Crippen LogP contribution in [-0.4, -0.2) is 16.7 Å². The van der Waals surface area contributed by atoms with Crippen molar-refractivity contribution in [1.29, 1.82) is 0 Å². The smallest absolute Gasteiger partial charge is 0.313 e. The Balaban J connectivity index is 1.82. The van der Waals surface area contributed by atoms with E-state index in [2.05, 4.69) is 0 Å². The normalized spacial score (nSPS) is 15.2. The number of aliphatic carboxylic acids is 1. The summed E-state index contributed by atoms with van der Waals surface area (Å²) < 4.78 is 25.9. The number of aryl methyl sites for hydroxylation is 1. The van der Waals surface area contributed by atoms with Crippen molar-refractivity contribution in [2.45, 2.75) is 58.7 Å². The summed E-state index contributed by atoms with van der Waals surface area (Å²) in [5.74, 6) is 0.146. The molecule has 1 aliphatic heterocycles. The first-order chi connectivity index (χ1) is 12.5. The van der Waals surface area contributed by atoms with Crippen molar-refractivity contribution in [3.05, 3.63) is 58.4 Å². The van der Waals surface area contributed by atoms with Gasteiger partial charge in [-0.25, -0.2) is 4.39 Å². The molecule has 27 heavy (non-hydrogen) atoms. The van der Waals surface area contributed by atoms with E-state index in [9.17, 15) is 14.3 Å². The minimum Gasteiger partial charge on any atom is -0.488 e. The third kappa shape index (κ3) is 3.77. The second kappa shape index (κ2) is 6.55. The number of carboxylic acids is 1. The Hall–Kier alpha value is -2.56. The van der Waals surface area contributed by atoms with Crippen molar-refractivity contribution in [3.63, 3.8) is 0 Å². The summed E-state index contributed by atoms with van der Waals surface area (Å²) in [6.07, 6.45) is 0.658. The molecule has 1 aliphatic rings. The second-order valence-electron chi connectivity index (χ2n) is 8.29. The second-order valence-corrected chi connectivity index (χ2v) is 8.29. The minimum absolute atomic E-state index is 0.179. The average molecular weight is 372 g/mol. The lowest BCUT2D eigenvalue weighted by atomic mass is 9.84. The third-order valence-corrected chi connectivity index (χ3v) is 5.02. The maximum Gasteiger partial charge on any atom is 0.313 e. The first kappa shape index (κ1) is 19.2. The molecule has 2 aromatic rings. The maximum absolute atomic E-state index is 14.0. The zero-order chi connectivity index (χ0) is 20.0. The van der Waals surface area contributed by atoms with Crippen LogP contribution in [0, 0.1) is 12.7 Å². The van der Waals surface area contributed by atoms with Crippen molar-refractivity contribution in [3.8, 4) is 11.5 Å². The largest absolute Gasteiger partial charge is 0.488 e. The van der Waals surface area contributed by atoms with Crippen molar-refractivity contribution in [2.75, 3.05) is 0 Å². The summed E-state index contributed by atoms with van der Waals surface area (Å²) in [6, 6.07) is 8.30. The molecule has 0 saturated carbocycles. The Morgan fingerprint density at radius 2 is 2.00 bits per heavy atom. The number of carboxylic acid groups (broad SMARTS) is 1. The fourth-order valence-corrected chi connectivity index (χ4v) is 3.33. The molecule has 1 heterocycles. The predicted molar refractivity (Wildman–Crippen MR) is 101 cm³/mol. The van der Waals surface area contributed by atoms with Gasteiger partial charge in [0.25, 0.3) is 0 Å². The van der Waals surface area contributed by atoms with E-state index in [1.165, 1.54) is 12.1 Å². The van der Waals surface area contributed by atoms with Crippen LogP contribution in [0.1, 0.15) is 49.9 Å². The van der Waals surface area contributed by atoms with Gasteiger partial charge in [-0.1, -0.05) is 12.1 Å². The van der Waals surface area contributed by atoms with Gasteiger partial charge in [-0.2, -0.15) is 0 Å². The quantitative estimate of drug-likeness (QED) is 0.820. The summed E-state index contributed by atoms with van der Waals surface area (Å²) in [6.45, 7) is 9.33. The van der Waals surface area contributed by atoms with E-state index in [4.69, 9.17) is 9.47 Å². The van der Waals surface area contributed by atoms with E-state index >= 15 is 0 Å². The Bertz CT molecular complexity index is 899. The predicted octanol–water partition coefficient (Wildman–Crippen LogP) is 4.79. The molecule has 4 nitrogen and oxygen atoms in total. The molecule has 0 aliphatic carbocycles. The van der Waals surface area contributed by atoms with Gasteiger partial charge in [-0.3, -0.25) is 4.79 Å². The number of carbonyl (C=O) groups is 1. The van der Waals surface area contributed by atoms with Crippen molar-refractivity contribution < 1.29 is 23.8 Å². The first-order valence-corrected chi connectivity index (χ1v) is 8.97. The van der Waals surface area contributed by atoms with Crippen molar-refractivity contribution >= 4 is 5.97 Å². The molecule has 0 radical (unpaired) electrons. The first-order valence-electron chi connectivity index (χ1n) is 8.97. The molecular weight excluding hydrogens is 347 g/mol. The standard InChI is InChI=1S/C22H25FO4/c1-13-8-16(22(4,5)20(24)25)6-7-18(13)26-12-15-10-17(23)9-14-11-21(2,3)27-19(14)15/h6-10H,11-12H2,1-5H3,(H,24,25). The van der Waals surface area contributed by atoms with Gasteiger partial charge in [0.15, 0.2) is 0 Å². The van der Waals surface area contributed by atoms with Crippen LogP contribution in [0.2, 0.25) is 0 Å². The summed E-state index contributed by atoms with van der Waals surface area (Å²) in [7, 11) is 0. The molecule has 0 saturated heterocycles. The van der Waals surface area contributed by atoms with E-state index < -0.39 is 11.4 Å². The van der Waals surface area contributed by atoms with E-state index in [1.807, 2.05) is 26.8 Å². The molecule has 0 fully saturated rings. The van der Waals surface area contributed by atoms with E-state index in [-0.39, 0.29) is 18.0 Å². The zero-order valence-corrected chi connectivity index (χ0v) is 16.4. The fourth-order valence-electron chi connectivity index (χ4n) is 3.33. The molecule has 0 amide bonds. The monoisotopic (exact) mass is 372 g/mol. The lowest BCUT2D eigenvalue weighted by molar-refractivity contribution is -0.142. The van der Waals surface area contributed by atoms with Crippen LogP contribution in [0.25, 0.3) is 0 Å². The lowest BCUT2D eigenvalue weighted by Gasteiger charge is -2.21. The van der Waals surface area contributed by atoms with Gasteiger partial charge in [0.2, 0.25) is 0 Å². The number of rotatable bonds is 5. The maximum atomic E-state index is 14.0. The van der Waals surface area contributed by atoms with Crippen LogP contribution in [0.3, 0.4) is 0 Å². The van der Waals surface area contributed by atoms with Crippen LogP contribution in [0.5, 0.6) is 11.5 Å². The molecule has 0 unspecified atom stereocenters. The van der Waals surface area contributed by atoms with Gasteiger partial charge >= 0.3 is 5.97 Å². The molecule has 0 atom stereocenters. The van der Waals surface area contributed by atoms with Crippen LogP contribution >= 0.6 is 0 Å². The van der Waals surface area contributed by atoms with Crippen molar-refractivity contribution in [1.82, 2.24) is 0 Å². The molecule has 3 rings (SSSR count). The Labute approximate surface area is 158 Å². The highest BCUT2D eigenvalue weighted by molar-refractivity contribution is 5.80. The zero-order valence-electron chi connectivity index (χ0n) is 16.4. The highest BCUT2D eigenvalue weighted by Gasteiger charge is 2.33. The molecule has 0 aromatic heterocycles. The van der Waals surface area contributed by atoms with Gasteiger partial charge in [0.05, 0.1) is 5.41 Å². The fraction of sp³-hybridized carbons (Fsp3) is 0.409. The summed E-state index contributed by atoms with van der Waals surface area (Å²) in [5.41, 5.74) is 1.73. The Morgan fingerprint density at radius 1 is 1.30 bits per heavy atom. The average Bonchev–Trinajstić information content (AvgIpc) is 2.87. The van der Waals surface area contributed by atoms with Gasteiger partial charge < -0.3 is 14.6 Å².